The molecule has 50 heavy (non-hydrogen) atoms. The van der Waals surface area contributed by atoms with E-state index in [-0.39, 0.29) is 11.3 Å². The zero-order valence-corrected chi connectivity index (χ0v) is 27.8. The van der Waals surface area contributed by atoms with Crippen molar-refractivity contribution in [2.75, 3.05) is 4.90 Å². The van der Waals surface area contributed by atoms with Crippen LogP contribution in [0.15, 0.2) is 163 Å². The zero-order chi connectivity index (χ0) is 32.6. The first-order valence-electron chi connectivity index (χ1n) is 17.3. The molecule has 1 aromatic heterocycles. The molecule has 7 aromatic carbocycles. The van der Waals surface area contributed by atoms with Gasteiger partial charge in [0.25, 0.3) is 0 Å². The summed E-state index contributed by atoms with van der Waals surface area (Å²) < 4.78 is 2.62. The fraction of sp³-hybridized carbons (Fsp3) is 0.0417. The van der Waals surface area contributed by atoms with E-state index in [1.165, 1.54) is 70.3 Å². The Morgan fingerprint density at radius 3 is 2.38 bits per heavy atom. The third kappa shape index (κ3) is 3.24. The van der Waals surface area contributed by atoms with Gasteiger partial charge >= 0.3 is 0 Å². The molecule has 0 aliphatic heterocycles. The standard InChI is InChI=1S/C48H27NS/c1-3-13-31-26-30(11-1)35-16-8-18-39-40-19-9-17-38-36-24-22-33(28-42(36)48(31,46(35)39)47(38)40)49(43-20-7-12-29-10-2-4-14-34(29)43)32-23-25-45-41(27-32)37-15-5-6-21-44(37)50-45/h1,3-9,11-28,30H. The van der Waals surface area contributed by atoms with Crippen LogP contribution >= 0.6 is 11.3 Å². The van der Waals surface area contributed by atoms with E-state index in [4.69, 9.17) is 0 Å². The Bertz CT molecular complexity index is 2890. The summed E-state index contributed by atoms with van der Waals surface area (Å²) in [6.45, 7) is 0. The molecule has 2 unspecified atom stereocenters. The van der Waals surface area contributed by atoms with Gasteiger partial charge in [-0.3, -0.25) is 0 Å². The van der Waals surface area contributed by atoms with E-state index in [0.29, 0.717) is 0 Å². The quantitative estimate of drug-likeness (QED) is 0.184. The van der Waals surface area contributed by atoms with Crippen LogP contribution in [0.3, 0.4) is 0 Å². The van der Waals surface area contributed by atoms with E-state index in [9.17, 15) is 0 Å². The van der Waals surface area contributed by atoms with Crippen molar-refractivity contribution < 1.29 is 0 Å². The summed E-state index contributed by atoms with van der Waals surface area (Å²) in [4.78, 5) is 2.47. The maximum Gasteiger partial charge on any atom is 0.0726 e. The van der Waals surface area contributed by atoms with Gasteiger partial charge in [-0.2, -0.15) is 0 Å². The fourth-order valence-corrected chi connectivity index (χ4v) is 10.7. The van der Waals surface area contributed by atoms with Gasteiger partial charge in [-0.1, -0.05) is 109 Å². The third-order valence-electron chi connectivity index (χ3n) is 11.5. The highest BCUT2D eigenvalue weighted by atomic mass is 32.1. The molecule has 0 N–H and O–H groups in total. The predicted octanol–water partition coefficient (Wildman–Crippen LogP) is 12.7. The summed E-state index contributed by atoms with van der Waals surface area (Å²) in [6.07, 6.45) is 11.7. The Labute approximate surface area is 294 Å². The largest absolute Gasteiger partial charge is 0.310 e. The minimum atomic E-state index is -0.358. The highest BCUT2D eigenvalue weighted by Gasteiger charge is 2.56. The van der Waals surface area contributed by atoms with Crippen molar-refractivity contribution in [3.8, 4) is 22.3 Å². The van der Waals surface area contributed by atoms with E-state index >= 15 is 0 Å². The molecule has 0 fully saturated rings. The van der Waals surface area contributed by atoms with Crippen molar-refractivity contribution in [1.82, 2.24) is 0 Å². The average molecular weight is 650 g/mol. The molecule has 0 radical (unpaired) electrons. The van der Waals surface area contributed by atoms with Gasteiger partial charge in [0.1, 0.15) is 0 Å². The summed E-state index contributed by atoms with van der Waals surface area (Å²) in [6, 6.07) is 54.1. The molecule has 1 heterocycles. The minimum absolute atomic E-state index is 0.262. The molecule has 1 nitrogen and oxygen atoms in total. The monoisotopic (exact) mass is 649 g/mol. The molecule has 8 aromatic rings. The van der Waals surface area contributed by atoms with E-state index in [2.05, 4.69) is 169 Å². The van der Waals surface area contributed by atoms with Gasteiger partial charge in [-0.05, 0) is 111 Å². The molecule has 4 aliphatic rings. The lowest BCUT2D eigenvalue weighted by Gasteiger charge is -2.38. The number of thiophene rings is 1. The van der Waals surface area contributed by atoms with Gasteiger partial charge < -0.3 is 4.90 Å². The second-order valence-corrected chi connectivity index (χ2v) is 14.9. The zero-order valence-electron chi connectivity index (χ0n) is 26.9. The second kappa shape index (κ2) is 9.51. The lowest BCUT2D eigenvalue weighted by molar-refractivity contribution is 0.741. The van der Waals surface area contributed by atoms with Gasteiger partial charge in [0, 0.05) is 48.2 Å². The normalized spacial score (nSPS) is 18.5. The minimum Gasteiger partial charge on any atom is -0.310 e. The van der Waals surface area contributed by atoms with Gasteiger partial charge in [0.15, 0.2) is 0 Å². The van der Waals surface area contributed by atoms with E-state index in [1.54, 1.807) is 0 Å². The molecule has 0 saturated carbocycles. The van der Waals surface area contributed by atoms with Crippen LogP contribution in [0, 0.1) is 12.1 Å². The first-order valence-corrected chi connectivity index (χ1v) is 18.1. The van der Waals surface area contributed by atoms with Crippen LogP contribution in [0.25, 0.3) is 53.2 Å². The van der Waals surface area contributed by atoms with Crippen LogP contribution in [0.5, 0.6) is 0 Å². The molecule has 1 spiro atoms. The smallest absolute Gasteiger partial charge is 0.0726 e. The summed E-state index contributed by atoms with van der Waals surface area (Å²) >= 11 is 1.86. The fourth-order valence-electron chi connectivity index (χ4n) is 9.60. The van der Waals surface area contributed by atoms with Gasteiger partial charge in [0.05, 0.1) is 11.1 Å². The van der Waals surface area contributed by atoms with Crippen LogP contribution in [0.1, 0.15) is 28.2 Å². The first kappa shape index (κ1) is 26.8. The number of rotatable bonds is 3. The molecule has 230 valence electrons. The Kier molecular flexibility index (Phi) is 5.09. The summed E-state index contributed by atoms with van der Waals surface area (Å²) in [5.74, 6) is 0.262. The molecule has 2 heteroatoms. The van der Waals surface area contributed by atoms with Crippen LogP contribution < -0.4 is 4.90 Å². The van der Waals surface area contributed by atoms with Crippen molar-refractivity contribution in [1.29, 1.82) is 0 Å². The van der Waals surface area contributed by atoms with E-state index in [1.807, 2.05) is 17.4 Å². The van der Waals surface area contributed by atoms with Crippen molar-refractivity contribution in [3.63, 3.8) is 0 Å². The highest BCUT2D eigenvalue weighted by Crippen LogP contribution is 2.68. The average Bonchev–Trinajstić information content (AvgIpc) is 3.72. The van der Waals surface area contributed by atoms with E-state index < -0.39 is 0 Å². The van der Waals surface area contributed by atoms with Crippen molar-refractivity contribution >= 4 is 59.3 Å². The number of hydrogen-bond donors (Lipinski definition) is 0. The Hall–Kier alpha value is -6.14. The SMILES string of the molecule is c1ccc2c(N(c3ccc4c(c3)C35C6=CC(C=CC=C6)c6cccc(c63)-c3cccc-4c35)c3ccc4sc5ccccc5c4c3)cccc2c#1. The van der Waals surface area contributed by atoms with Crippen LogP contribution in [0.2, 0.25) is 0 Å². The molecule has 2 atom stereocenters. The molecular formula is C48H27NS. The van der Waals surface area contributed by atoms with Crippen molar-refractivity contribution in [2.24, 2.45) is 0 Å². The highest BCUT2D eigenvalue weighted by molar-refractivity contribution is 7.25. The molecular weight excluding hydrogens is 623 g/mol. The number of allylic oxidation sites excluding steroid dienone is 6. The predicted molar refractivity (Wildman–Crippen MR) is 209 cm³/mol. The molecule has 12 rings (SSSR count). The Morgan fingerprint density at radius 2 is 1.42 bits per heavy atom. The molecule has 0 saturated heterocycles. The number of benzene rings is 6. The summed E-state index contributed by atoms with van der Waals surface area (Å²) in [5, 5.41) is 4.81. The number of fused-ring (bicyclic) bond motifs is 9. The maximum atomic E-state index is 3.37. The van der Waals surface area contributed by atoms with Crippen LogP contribution in [-0.4, -0.2) is 0 Å². The van der Waals surface area contributed by atoms with Gasteiger partial charge in [-0.15, -0.1) is 11.3 Å². The van der Waals surface area contributed by atoms with Crippen molar-refractivity contribution in [2.45, 2.75) is 11.3 Å². The van der Waals surface area contributed by atoms with Crippen LogP contribution in [-0.2, 0) is 5.41 Å². The maximum absolute atomic E-state index is 3.37. The summed E-state index contributed by atoms with van der Waals surface area (Å²) in [7, 11) is 0. The van der Waals surface area contributed by atoms with Crippen molar-refractivity contribution in [3.05, 3.63) is 198 Å². The van der Waals surface area contributed by atoms with Gasteiger partial charge in [0.2, 0.25) is 0 Å². The lowest BCUT2D eigenvalue weighted by atomic mass is 9.63. The Balaban J connectivity index is 1.17. The second-order valence-electron chi connectivity index (χ2n) is 13.8. The molecule has 2 bridgehead atoms. The van der Waals surface area contributed by atoms with E-state index in [0.717, 1.165) is 27.8 Å². The number of nitrogens with zero attached hydrogens (tertiary/aromatic N) is 1. The third-order valence-corrected chi connectivity index (χ3v) is 12.6. The van der Waals surface area contributed by atoms with Gasteiger partial charge in [-0.25, -0.2) is 0 Å². The topological polar surface area (TPSA) is 3.24 Å². The number of hydrogen-bond acceptors (Lipinski definition) is 2. The molecule has 4 aliphatic carbocycles. The lowest BCUT2D eigenvalue weighted by Crippen LogP contribution is -2.31. The molecule has 0 amide bonds. The Morgan fingerprint density at radius 1 is 0.620 bits per heavy atom. The number of anilines is 3. The van der Waals surface area contributed by atoms with Crippen LogP contribution in [0.4, 0.5) is 17.1 Å². The first-order chi connectivity index (χ1) is 24.8. The summed E-state index contributed by atoms with van der Waals surface area (Å²) in [5.41, 5.74) is 15.6.